The standard InChI is InChI=1S/C11H10ClNO3S/c12-6-2-1-3-7(9(6)10(13)17)16-8-4-5-15-11(8)14/h1-3,8H,4-5H2,(H2,13,17). The van der Waals surface area contributed by atoms with E-state index in [1.807, 2.05) is 0 Å². The van der Waals surface area contributed by atoms with Crippen molar-refractivity contribution in [2.75, 3.05) is 6.61 Å². The van der Waals surface area contributed by atoms with Crippen LogP contribution in [0, 0.1) is 0 Å². The third kappa shape index (κ3) is 2.50. The summed E-state index contributed by atoms with van der Waals surface area (Å²) in [5, 5.41) is 0.404. The molecular formula is C11H10ClNO3S. The average Bonchev–Trinajstić information content (AvgIpc) is 2.64. The molecule has 1 atom stereocenters. The highest BCUT2D eigenvalue weighted by Gasteiger charge is 2.29. The van der Waals surface area contributed by atoms with Gasteiger partial charge in [0.2, 0.25) is 0 Å². The maximum Gasteiger partial charge on any atom is 0.347 e. The van der Waals surface area contributed by atoms with Crippen LogP contribution < -0.4 is 10.5 Å². The zero-order valence-electron chi connectivity index (χ0n) is 8.81. The van der Waals surface area contributed by atoms with Crippen LogP contribution in [-0.2, 0) is 9.53 Å². The molecule has 1 aliphatic rings. The number of cyclic esters (lactones) is 1. The Labute approximate surface area is 109 Å². The van der Waals surface area contributed by atoms with E-state index >= 15 is 0 Å². The van der Waals surface area contributed by atoms with Gasteiger partial charge < -0.3 is 15.2 Å². The molecule has 4 nitrogen and oxygen atoms in total. The Balaban J connectivity index is 2.29. The molecule has 1 fully saturated rings. The number of halogens is 1. The molecule has 0 amide bonds. The van der Waals surface area contributed by atoms with Crippen molar-refractivity contribution in [1.82, 2.24) is 0 Å². The zero-order valence-corrected chi connectivity index (χ0v) is 10.4. The van der Waals surface area contributed by atoms with Gasteiger partial charge >= 0.3 is 5.97 Å². The monoisotopic (exact) mass is 271 g/mol. The van der Waals surface area contributed by atoms with Gasteiger partial charge in [-0.15, -0.1) is 0 Å². The first-order valence-electron chi connectivity index (χ1n) is 5.01. The van der Waals surface area contributed by atoms with Crippen molar-refractivity contribution < 1.29 is 14.3 Å². The number of ether oxygens (including phenoxy) is 2. The molecule has 90 valence electrons. The summed E-state index contributed by atoms with van der Waals surface area (Å²) in [6.45, 7) is 0.368. The molecule has 0 aromatic heterocycles. The van der Waals surface area contributed by atoms with Crippen molar-refractivity contribution >= 4 is 34.8 Å². The van der Waals surface area contributed by atoms with Crippen molar-refractivity contribution in [3.8, 4) is 5.75 Å². The normalized spacial score (nSPS) is 18.9. The molecule has 17 heavy (non-hydrogen) atoms. The van der Waals surface area contributed by atoms with Gasteiger partial charge in [0.1, 0.15) is 10.7 Å². The van der Waals surface area contributed by atoms with Crippen LogP contribution in [0.3, 0.4) is 0 Å². The van der Waals surface area contributed by atoms with Gasteiger partial charge in [0, 0.05) is 6.42 Å². The van der Waals surface area contributed by atoms with Crippen LogP contribution in [0.1, 0.15) is 12.0 Å². The number of carbonyl (C=O) groups is 1. The predicted octanol–water partition coefficient (Wildman–Crippen LogP) is 1.67. The minimum Gasteiger partial charge on any atom is -0.478 e. The number of carbonyl (C=O) groups excluding carboxylic acids is 1. The molecule has 1 aromatic carbocycles. The molecule has 1 unspecified atom stereocenters. The number of nitrogens with two attached hydrogens (primary N) is 1. The molecule has 2 N–H and O–H groups in total. The Kier molecular flexibility index (Phi) is 3.49. The van der Waals surface area contributed by atoms with E-state index in [1.165, 1.54) is 0 Å². The molecule has 0 radical (unpaired) electrons. The minimum absolute atomic E-state index is 0.136. The average molecular weight is 272 g/mol. The fourth-order valence-electron chi connectivity index (χ4n) is 1.58. The van der Waals surface area contributed by atoms with Crippen molar-refractivity contribution in [2.45, 2.75) is 12.5 Å². The maximum absolute atomic E-state index is 11.3. The summed E-state index contributed by atoms with van der Waals surface area (Å²) >= 11 is 10.9. The van der Waals surface area contributed by atoms with Crippen LogP contribution in [-0.4, -0.2) is 23.7 Å². The molecule has 6 heteroatoms. The van der Waals surface area contributed by atoms with E-state index in [9.17, 15) is 4.79 Å². The van der Waals surface area contributed by atoms with Gasteiger partial charge in [0.15, 0.2) is 6.10 Å². The van der Waals surface area contributed by atoms with Crippen LogP contribution in [0.4, 0.5) is 0 Å². The first-order valence-corrected chi connectivity index (χ1v) is 5.80. The first kappa shape index (κ1) is 12.1. The lowest BCUT2D eigenvalue weighted by molar-refractivity contribution is -0.143. The molecule has 1 aromatic rings. The molecule has 0 aliphatic carbocycles. The highest BCUT2D eigenvalue weighted by Crippen LogP contribution is 2.28. The van der Waals surface area contributed by atoms with Gasteiger partial charge in [-0.05, 0) is 12.1 Å². The van der Waals surface area contributed by atoms with Crippen LogP contribution in [0.15, 0.2) is 18.2 Å². The van der Waals surface area contributed by atoms with E-state index in [0.29, 0.717) is 29.4 Å². The molecule has 0 saturated carbocycles. The lowest BCUT2D eigenvalue weighted by Crippen LogP contribution is -2.23. The molecule has 2 rings (SSSR count). The third-order valence-corrected chi connectivity index (χ3v) is 2.90. The summed E-state index contributed by atoms with van der Waals surface area (Å²) in [6, 6.07) is 5.04. The molecule has 0 bridgehead atoms. The fraction of sp³-hybridized carbons (Fsp3) is 0.273. The zero-order chi connectivity index (χ0) is 12.4. The van der Waals surface area contributed by atoms with Crippen LogP contribution in [0.5, 0.6) is 5.75 Å². The number of thiocarbonyl (C=S) groups is 1. The fourth-order valence-corrected chi connectivity index (χ4v) is 2.11. The van der Waals surface area contributed by atoms with Gasteiger partial charge in [0.25, 0.3) is 0 Å². The van der Waals surface area contributed by atoms with Gasteiger partial charge in [-0.2, -0.15) is 0 Å². The number of benzene rings is 1. The van der Waals surface area contributed by atoms with E-state index in [1.54, 1.807) is 18.2 Å². The highest BCUT2D eigenvalue weighted by molar-refractivity contribution is 7.80. The number of rotatable bonds is 3. The number of esters is 1. The molecular weight excluding hydrogens is 262 g/mol. The van der Waals surface area contributed by atoms with Crippen molar-refractivity contribution in [1.29, 1.82) is 0 Å². The SMILES string of the molecule is NC(=S)c1c(Cl)cccc1OC1CCOC1=O. The van der Waals surface area contributed by atoms with Crippen molar-refractivity contribution in [3.63, 3.8) is 0 Å². The Morgan fingerprint density at radius 1 is 1.59 bits per heavy atom. The van der Waals surface area contributed by atoms with Gasteiger partial charge in [-0.25, -0.2) is 4.79 Å². The van der Waals surface area contributed by atoms with Crippen LogP contribution in [0.25, 0.3) is 0 Å². The second-order valence-electron chi connectivity index (χ2n) is 3.54. The Bertz CT molecular complexity index is 478. The van der Waals surface area contributed by atoms with E-state index in [-0.39, 0.29) is 11.0 Å². The van der Waals surface area contributed by atoms with Gasteiger partial charge in [0.05, 0.1) is 17.2 Å². The first-order chi connectivity index (χ1) is 8.09. The van der Waals surface area contributed by atoms with Crippen molar-refractivity contribution in [2.24, 2.45) is 5.73 Å². The predicted molar refractivity (Wildman–Crippen MR) is 67.3 cm³/mol. The Hall–Kier alpha value is -1.33. The Morgan fingerprint density at radius 3 is 2.94 bits per heavy atom. The molecule has 1 heterocycles. The summed E-state index contributed by atoms with van der Waals surface area (Å²) in [5.41, 5.74) is 6.02. The van der Waals surface area contributed by atoms with Crippen molar-refractivity contribution in [3.05, 3.63) is 28.8 Å². The second kappa shape index (κ2) is 4.89. The summed E-state index contributed by atoms with van der Waals surface area (Å²) < 4.78 is 10.3. The summed E-state index contributed by atoms with van der Waals surface area (Å²) in [7, 11) is 0. The number of hydrogen-bond acceptors (Lipinski definition) is 4. The lowest BCUT2D eigenvalue weighted by Gasteiger charge is -2.14. The van der Waals surface area contributed by atoms with Gasteiger partial charge in [-0.1, -0.05) is 29.9 Å². The van der Waals surface area contributed by atoms with E-state index in [0.717, 1.165) is 0 Å². The largest absolute Gasteiger partial charge is 0.478 e. The van der Waals surface area contributed by atoms with Gasteiger partial charge in [-0.3, -0.25) is 0 Å². The lowest BCUT2D eigenvalue weighted by atomic mass is 10.2. The van der Waals surface area contributed by atoms with Crippen LogP contribution >= 0.6 is 23.8 Å². The molecule has 1 aliphatic heterocycles. The second-order valence-corrected chi connectivity index (χ2v) is 4.39. The Morgan fingerprint density at radius 2 is 2.35 bits per heavy atom. The number of hydrogen-bond donors (Lipinski definition) is 1. The molecule has 0 spiro atoms. The topological polar surface area (TPSA) is 61.6 Å². The quantitative estimate of drug-likeness (QED) is 0.669. The summed E-state index contributed by atoms with van der Waals surface area (Å²) in [6.07, 6.45) is -0.0937. The van der Waals surface area contributed by atoms with Crippen LogP contribution in [0.2, 0.25) is 5.02 Å². The van der Waals surface area contributed by atoms with E-state index in [2.05, 4.69) is 0 Å². The molecule has 1 saturated heterocycles. The maximum atomic E-state index is 11.3. The van der Waals surface area contributed by atoms with E-state index in [4.69, 9.17) is 39.0 Å². The summed E-state index contributed by atoms with van der Waals surface area (Å²) in [5.74, 6) is 0.0349. The van der Waals surface area contributed by atoms with E-state index < -0.39 is 6.10 Å². The highest BCUT2D eigenvalue weighted by atomic mass is 35.5. The minimum atomic E-state index is -0.610. The summed E-state index contributed by atoms with van der Waals surface area (Å²) in [4.78, 5) is 11.4. The third-order valence-electron chi connectivity index (χ3n) is 2.38. The smallest absolute Gasteiger partial charge is 0.347 e.